The first-order valence-electron chi connectivity index (χ1n) is 8.88. The zero-order valence-corrected chi connectivity index (χ0v) is 15.3. The Morgan fingerprint density at radius 3 is 2.54 bits per heavy atom. The van der Waals surface area contributed by atoms with E-state index in [1.807, 2.05) is 36.4 Å². The monoisotopic (exact) mass is 352 g/mol. The fraction of sp³-hybridized carbons (Fsp3) is 0.333. The van der Waals surface area contributed by atoms with Gasteiger partial charge in [0.1, 0.15) is 5.75 Å². The molecular formula is C21H24N2O3. The third-order valence-electron chi connectivity index (χ3n) is 4.76. The van der Waals surface area contributed by atoms with E-state index < -0.39 is 0 Å². The molecule has 0 unspecified atom stereocenters. The lowest BCUT2D eigenvalue weighted by Gasteiger charge is -2.19. The second-order valence-electron chi connectivity index (χ2n) is 6.48. The fourth-order valence-electron chi connectivity index (χ4n) is 3.22. The second kappa shape index (κ2) is 8.04. The van der Waals surface area contributed by atoms with Crippen LogP contribution in [0.15, 0.2) is 48.5 Å². The Bertz CT molecular complexity index is 786. The van der Waals surface area contributed by atoms with E-state index in [2.05, 4.69) is 0 Å². The van der Waals surface area contributed by atoms with Gasteiger partial charge < -0.3 is 14.5 Å². The Kier molecular flexibility index (Phi) is 5.56. The van der Waals surface area contributed by atoms with Gasteiger partial charge in [0.15, 0.2) is 0 Å². The molecule has 0 saturated carbocycles. The van der Waals surface area contributed by atoms with Gasteiger partial charge in [0.2, 0.25) is 5.91 Å². The number of carbonyl (C=O) groups is 2. The van der Waals surface area contributed by atoms with Crippen molar-refractivity contribution in [3.63, 3.8) is 0 Å². The number of ether oxygens (including phenoxy) is 1. The van der Waals surface area contributed by atoms with Crippen molar-refractivity contribution in [2.24, 2.45) is 0 Å². The van der Waals surface area contributed by atoms with Gasteiger partial charge in [-0.05, 0) is 48.7 Å². The van der Waals surface area contributed by atoms with Gasteiger partial charge in [-0.2, -0.15) is 0 Å². The molecule has 26 heavy (non-hydrogen) atoms. The molecule has 2 aromatic rings. The van der Waals surface area contributed by atoms with Crippen LogP contribution in [0.25, 0.3) is 0 Å². The number of methoxy groups -OCH3 is 1. The number of benzene rings is 2. The highest BCUT2D eigenvalue weighted by Gasteiger charge is 2.22. The molecule has 3 rings (SSSR count). The van der Waals surface area contributed by atoms with Crippen molar-refractivity contribution < 1.29 is 14.3 Å². The number of hydrogen-bond donors (Lipinski definition) is 0. The first-order valence-corrected chi connectivity index (χ1v) is 8.88. The summed E-state index contributed by atoms with van der Waals surface area (Å²) in [6.45, 7) is 1.36. The smallest absolute Gasteiger partial charge is 0.253 e. The van der Waals surface area contributed by atoms with Crippen LogP contribution in [-0.2, 0) is 11.2 Å². The Morgan fingerprint density at radius 2 is 1.88 bits per heavy atom. The van der Waals surface area contributed by atoms with Crippen LogP contribution < -0.4 is 9.64 Å². The molecule has 5 nitrogen and oxygen atoms in total. The van der Waals surface area contributed by atoms with Gasteiger partial charge in [-0.25, -0.2) is 0 Å². The van der Waals surface area contributed by atoms with Crippen molar-refractivity contribution in [1.82, 2.24) is 4.90 Å². The van der Waals surface area contributed by atoms with Crippen LogP contribution in [-0.4, -0.2) is 44.0 Å². The highest BCUT2D eigenvalue weighted by Crippen LogP contribution is 2.22. The predicted molar refractivity (Wildman–Crippen MR) is 102 cm³/mol. The number of para-hydroxylation sites is 1. The lowest BCUT2D eigenvalue weighted by Crippen LogP contribution is -2.29. The van der Waals surface area contributed by atoms with E-state index in [0.29, 0.717) is 18.5 Å². The maximum Gasteiger partial charge on any atom is 0.253 e. The Labute approximate surface area is 154 Å². The molecule has 1 heterocycles. The lowest BCUT2D eigenvalue weighted by molar-refractivity contribution is -0.117. The molecule has 5 heteroatoms. The summed E-state index contributed by atoms with van der Waals surface area (Å²) in [5.41, 5.74) is 2.57. The number of anilines is 1. The number of hydrogen-bond acceptors (Lipinski definition) is 3. The number of nitrogens with zero attached hydrogens (tertiary/aromatic N) is 2. The molecule has 1 aliphatic heterocycles. The average molecular weight is 352 g/mol. The second-order valence-corrected chi connectivity index (χ2v) is 6.48. The molecule has 1 aliphatic rings. The first kappa shape index (κ1) is 18.0. The third-order valence-corrected chi connectivity index (χ3v) is 4.76. The normalized spacial score (nSPS) is 13.8. The van der Waals surface area contributed by atoms with Crippen LogP contribution in [0.1, 0.15) is 28.8 Å². The van der Waals surface area contributed by atoms with Crippen LogP contribution in [0.2, 0.25) is 0 Å². The van der Waals surface area contributed by atoms with Crippen molar-refractivity contribution in [1.29, 1.82) is 0 Å². The zero-order chi connectivity index (χ0) is 18.5. The summed E-state index contributed by atoms with van der Waals surface area (Å²) in [6.07, 6.45) is 2.23. The topological polar surface area (TPSA) is 49.9 Å². The minimum atomic E-state index is -0.0285. The highest BCUT2D eigenvalue weighted by molar-refractivity contribution is 5.97. The number of carbonyl (C=O) groups excluding carboxylic acids is 2. The Hall–Kier alpha value is -2.82. The summed E-state index contributed by atoms with van der Waals surface area (Å²) in [5.74, 6) is 0.963. The van der Waals surface area contributed by atoms with E-state index in [4.69, 9.17) is 4.74 Å². The lowest BCUT2D eigenvalue weighted by atomic mass is 10.1. The van der Waals surface area contributed by atoms with Gasteiger partial charge in [-0.1, -0.05) is 18.2 Å². The Morgan fingerprint density at radius 1 is 1.15 bits per heavy atom. The summed E-state index contributed by atoms with van der Waals surface area (Å²) in [5, 5.41) is 0. The van der Waals surface area contributed by atoms with Crippen LogP contribution in [0.4, 0.5) is 5.69 Å². The SMILES string of the molecule is COc1ccccc1CCN(C)C(=O)c1ccc(N2CCCC2=O)cc1. The largest absolute Gasteiger partial charge is 0.496 e. The summed E-state index contributed by atoms with van der Waals surface area (Å²) in [6, 6.07) is 15.1. The molecule has 0 aromatic heterocycles. The highest BCUT2D eigenvalue weighted by atomic mass is 16.5. The maximum atomic E-state index is 12.6. The van der Waals surface area contributed by atoms with Crippen molar-refractivity contribution in [3.05, 3.63) is 59.7 Å². The average Bonchev–Trinajstić information content (AvgIpc) is 3.11. The minimum Gasteiger partial charge on any atom is -0.496 e. The molecule has 0 N–H and O–H groups in total. The van der Waals surface area contributed by atoms with Gasteiger partial charge >= 0.3 is 0 Å². The fourth-order valence-corrected chi connectivity index (χ4v) is 3.22. The zero-order valence-electron chi connectivity index (χ0n) is 15.3. The van der Waals surface area contributed by atoms with E-state index in [-0.39, 0.29) is 11.8 Å². The quantitative estimate of drug-likeness (QED) is 0.802. The van der Waals surface area contributed by atoms with Crippen LogP contribution >= 0.6 is 0 Å². The summed E-state index contributed by atoms with van der Waals surface area (Å²) < 4.78 is 5.36. The van der Waals surface area contributed by atoms with Crippen LogP contribution in [0.5, 0.6) is 5.75 Å². The molecule has 1 fully saturated rings. The van der Waals surface area contributed by atoms with Crippen LogP contribution in [0.3, 0.4) is 0 Å². The molecule has 2 amide bonds. The van der Waals surface area contributed by atoms with Crippen LogP contribution in [0, 0.1) is 0 Å². The standard InChI is InChI=1S/C21H24N2O3/c1-22(15-13-16-6-3-4-7-19(16)26-2)21(25)17-9-11-18(12-10-17)23-14-5-8-20(23)24/h3-4,6-7,9-12H,5,8,13-15H2,1-2H3. The molecule has 0 spiro atoms. The van der Waals surface area contributed by atoms with E-state index in [0.717, 1.165) is 36.4 Å². The van der Waals surface area contributed by atoms with E-state index >= 15 is 0 Å². The molecule has 0 radical (unpaired) electrons. The third kappa shape index (κ3) is 3.87. The molecule has 0 atom stereocenters. The number of amides is 2. The van der Waals surface area contributed by atoms with Crippen molar-refractivity contribution >= 4 is 17.5 Å². The summed E-state index contributed by atoms with van der Waals surface area (Å²) >= 11 is 0. The van der Waals surface area contributed by atoms with Crippen molar-refractivity contribution in [2.75, 3.05) is 32.1 Å². The molecule has 2 aromatic carbocycles. The molecule has 136 valence electrons. The molecule has 1 saturated heterocycles. The van der Waals surface area contributed by atoms with Gasteiger partial charge in [0.05, 0.1) is 7.11 Å². The predicted octanol–water partition coefficient (Wildman–Crippen LogP) is 3.14. The van der Waals surface area contributed by atoms with E-state index in [1.54, 1.807) is 36.1 Å². The van der Waals surface area contributed by atoms with Gasteiger partial charge in [0, 0.05) is 37.8 Å². The maximum absolute atomic E-state index is 12.6. The van der Waals surface area contributed by atoms with E-state index in [9.17, 15) is 9.59 Å². The molecular weight excluding hydrogens is 328 g/mol. The van der Waals surface area contributed by atoms with Gasteiger partial charge in [-0.3, -0.25) is 9.59 Å². The first-order chi connectivity index (χ1) is 12.6. The van der Waals surface area contributed by atoms with Gasteiger partial charge in [0.25, 0.3) is 5.91 Å². The van der Waals surface area contributed by atoms with E-state index in [1.165, 1.54) is 0 Å². The van der Waals surface area contributed by atoms with Crippen molar-refractivity contribution in [2.45, 2.75) is 19.3 Å². The molecule has 0 aliphatic carbocycles. The van der Waals surface area contributed by atoms with Gasteiger partial charge in [-0.15, -0.1) is 0 Å². The number of rotatable bonds is 6. The summed E-state index contributed by atoms with van der Waals surface area (Å²) in [4.78, 5) is 27.9. The van der Waals surface area contributed by atoms with Crippen molar-refractivity contribution in [3.8, 4) is 5.75 Å². The molecule has 0 bridgehead atoms. The minimum absolute atomic E-state index is 0.0285. The number of likely N-dealkylation sites (N-methyl/N-ethyl adjacent to an activating group) is 1. The summed E-state index contributed by atoms with van der Waals surface area (Å²) in [7, 11) is 3.45. The Balaban J connectivity index is 1.62.